The predicted molar refractivity (Wildman–Crippen MR) is 162 cm³/mol. The number of ketones is 5. The Hall–Kier alpha value is -3.45. The van der Waals surface area contributed by atoms with Gasteiger partial charge in [0.25, 0.3) is 0 Å². The van der Waals surface area contributed by atoms with Gasteiger partial charge in [0.05, 0.1) is 11.5 Å². The number of hydrogen-bond acceptors (Lipinski definition) is 7. The molecule has 0 radical (unpaired) electrons. The lowest BCUT2D eigenvalue weighted by Gasteiger charge is -2.61. The predicted octanol–water partition coefficient (Wildman–Crippen LogP) is 5.27. The average molecular weight is 587 g/mol. The molecule has 2 aromatic carbocycles. The van der Waals surface area contributed by atoms with E-state index >= 15 is 0 Å². The van der Waals surface area contributed by atoms with Gasteiger partial charge in [-0.2, -0.15) is 0 Å². The number of carbonyl (C=O) groups excluding carboxylic acids is 5. The summed E-state index contributed by atoms with van der Waals surface area (Å²) >= 11 is 0. The molecule has 0 aliphatic heterocycles. The Bertz CT molecular complexity index is 1600. The minimum Gasteiger partial charge on any atom is -0.507 e. The van der Waals surface area contributed by atoms with E-state index in [1.807, 2.05) is 12.1 Å². The number of aryl methyl sites for hydroxylation is 1. The first kappa shape index (κ1) is 31.0. The number of benzene rings is 2. The third-order valence-corrected chi connectivity index (χ3v) is 10.6. The fraction of sp³-hybridized carbons (Fsp3) is 0.528. The van der Waals surface area contributed by atoms with Crippen molar-refractivity contribution in [2.45, 2.75) is 80.3 Å². The molecular weight excluding hydrogens is 544 g/mol. The number of rotatable bonds is 5. The number of fused-ring (bicyclic) bond motifs is 3. The van der Waals surface area contributed by atoms with Crippen molar-refractivity contribution in [1.82, 2.24) is 0 Å². The van der Waals surface area contributed by atoms with Gasteiger partial charge >= 0.3 is 0 Å². The molecular formula is C36H42O7. The Morgan fingerprint density at radius 1 is 1.00 bits per heavy atom. The zero-order chi connectivity index (χ0) is 32.0. The van der Waals surface area contributed by atoms with Crippen LogP contribution in [0.1, 0.15) is 81.9 Å². The van der Waals surface area contributed by atoms with Crippen LogP contribution >= 0.6 is 0 Å². The fourth-order valence-corrected chi connectivity index (χ4v) is 8.91. The molecule has 0 heterocycles. The first-order chi connectivity index (χ1) is 19.9. The number of carbonyl (C=O) groups is 5. The first-order valence-electron chi connectivity index (χ1n) is 15.2. The summed E-state index contributed by atoms with van der Waals surface area (Å²) < 4.78 is 0. The Morgan fingerprint density at radius 3 is 2.23 bits per heavy atom. The van der Waals surface area contributed by atoms with Crippen molar-refractivity contribution in [3.8, 4) is 16.9 Å². The zero-order valence-corrected chi connectivity index (χ0v) is 26.3. The van der Waals surface area contributed by atoms with Crippen LogP contribution in [0.4, 0.5) is 0 Å². The van der Waals surface area contributed by atoms with E-state index in [0.29, 0.717) is 11.5 Å². The molecule has 0 spiro atoms. The van der Waals surface area contributed by atoms with E-state index in [1.165, 1.54) is 11.6 Å². The van der Waals surface area contributed by atoms with E-state index in [0.717, 1.165) is 30.0 Å². The van der Waals surface area contributed by atoms with Crippen LogP contribution in [0.5, 0.6) is 5.75 Å². The second-order valence-corrected chi connectivity index (χ2v) is 14.6. The zero-order valence-electron chi connectivity index (χ0n) is 26.3. The van der Waals surface area contributed by atoms with Crippen molar-refractivity contribution in [2.24, 2.45) is 40.4 Å². The van der Waals surface area contributed by atoms with E-state index < -0.39 is 63.1 Å². The van der Waals surface area contributed by atoms with Crippen LogP contribution in [0.15, 0.2) is 30.3 Å². The minimum atomic E-state index is -2.69. The Morgan fingerprint density at radius 2 is 1.65 bits per heavy atom. The number of phenolic OH excluding ortho intramolecular Hbond substituents is 1. The summed E-state index contributed by atoms with van der Waals surface area (Å²) in [5.41, 5.74) is -0.644. The molecule has 2 aromatic rings. The summed E-state index contributed by atoms with van der Waals surface area (Å²) in [6.07, 6.45) is 1.13. The molecule has 0 saturated heterocycles. The number of Topliss-reactive ketones (excluding diaryl/α,β-unsaturated/α-hetero) is 5. The SMILES string of the molecule is CC(=O)C1C(=O)C(C(C)C)[C@@]2(C)C[C@@]3(C)Cc4c(-c5ccc(C)c(CC(C)C)c5)ccc(O)c4C(=O)C3C(=O)[C@@]2(O)C1=O. The van der Waals surface area contributed by atoms with Crippen LogP contribution in [0.3, 0.4) is 0 Å². The third kappa shape index (κ3) is 4.21. The average Bonchev–Trinajstić information content (AvgIpc) is 2.87. The summed E-state index contributed by atoms with van der Waals surface area (Å²) in [4.78, 5) is 68.9. The summed E-state index contributed by atoms with van der Waals surface area (Å²) in [7, 11) is 0. The van der Waals surface area contributed by atoms with Gasteiger partial charge in [0, 0.05) is 11.3 Å². The van der Waals surface area contributed by atoms with Crippen molar-refractivity contribution < 1.29 is 34.2 Å². The van der Waals surface area contributed by atoms with Gasteiger partial charge in [-0.15, -0.1) is 0 Å². The maximum atomic E-state index is 14.5. The van der Waals surface area contributed by atoms with Gasteiger partial charge in [-0.1, -0.05) is 65.8 Å². The molecule has 5 rings (SSSR count). The molecule has 7 nitrogen and oxygen atoms in total. The lowest BCUT2D eigenvalue weighted by Crippen LogP contribution is -2.76. The highest BCUT2D eigenvalue weighted by atomic mass is 16.3. The van der Waals surface area contributed by atoms with Crippen molar-refractivity contribution in [3.05, 3.63) is 52.6 Å². The maximum absolute atomic E-state index is 14.5. The number of hydrogen-bond donors (Lipinski definition) is 2. The third-order valence-electron chi connectivity index (χ3n) is 10.6. The lowest BCUT2D eigenvalue weighted by molar-refractivity contribution is -0.205. The molecule has 3 aliphatic rings. The summed E-state index contributed by atoms with van der Waals surface area (Å²) in [6.45, 7) is 14.4. The van der Waals surface area contributed by atoms with Crippen molar-refractivity contribution in [3.63, 3.8) is 0 Å². The van der Waals surface area contributed by atoms with Crippen molar-refractivity contribution >= 4 is 28.9 Å². The summed E-state index contributed by atoms with van der Waals surface area (Å²) in [5, 5.41) is 23.2. The second-order valence-electron chi connectivity index (χ2n) is 14.6. The van der Waals surface area contributed by atoms with Gasteiger partial charge in [0.1, 0.15) is 17.5 Å². The molecule has 228 valence electrons. The van der Waals surface area contributed by atoms with E-state index in [2.05, 4.69) is 26.8 Å². The number of phenols is 1. The van der Waals surface area contributed by atoms with Gasteiger partial charge in [-0.25, -0.2) is 0 Å². The van der Waals surface area contributed by atoms with E-state index in [-0.39, 0.29) is 30.1 Å². The largest absolute Gasteiger partial charge is 0.507 e. The molecule has 2 N–H and O–H groups in total. The van der Waals surface area contributed by atoms with Gasteiger partial charge in [0.15, 0.2) is 28.7 Å². The van der Waals surface area contributed by atoms with Gasteiger partial charge < -0.3 is 10.2 Å². The summed E-state index contributed by atoms with van der Waals surface area (Å²) in [6, 6.07) is 9.40. The van der Waals surface area contributed by atoms with Crippen LogP contribution in [0.25, 0.3) is 11.1 Å². The van der Waals surface area contributed by atoms with Crippen molar-refractivity contribution in [2.75, 3.05) is 0 Å². The topological polar surface area (TPSA) is 126 Å². The van der Waals surface area contributed by atoms with Gasteiger partial charge in [-0.05, 0) is 84.2 Å². The van der Waals surface area contributed by atoms with Crippen LogP contribution in [-0.2, 0) is 32.0 Å². The van der Waals surface area contributed by atoms with E-state index in [4.69, 9.17) is 0 Å². The highest BCUT2D eigenvalue weighted by Crippen LogP contribution is 2.64. The molecule has 6 atom stereocenters. The Balaban J connectivity index is 1.72. The molecule has 0 bridgehead atoms. The molecule has 0 amide bonds. The molecule has 7 heteroatoms. The quantitative estimate of drug-likeness (QED) is 0.458. The fourth-order valence-electron chi connectivity index (χ4n) is 8.91. The van der Waals surface area contributed by atoms with Gasteiger partial charge in [0.2, 0.25) is 0 Å². The minimum absolute atomic E-state index is 0.0226. The highest BCUT2D eigenvalue weighted by molar-refractivity contribution is 6.32. The second kappa shape index (κ2) is 10.0. The van der Waals surface area contributed by atoms with Crippen LogP contribution in [-0.4, -0.2) is 44.7 Å². The highest BCUT2D eigenvalue weighted by Gasteiger charge is 2.76. The normalized spacial score (nSPS) is 32.1. The lowest BCUT2D eigenvalue weighted by atomic mass is 9.40. The molecule has 2 saturated carbocycles. The molecule has 3 unspecified atom stereocenters. The van der Waals surface area contributed by atoms with Crippen LogP contribution < -0.4 is 0 Å². The number of aliphatic hydroxyl groups is 1. The molecule has 43 heavy (non-hydrogen) atoms. The van der Waals surface area contributed by atoms with Crippen LogP contribution in [0, 0.1) is 47.3 Å². The first-order valence-corrected chi connectivity index (χ1v) is 15.2. The van der Waals surface area contributed by atoms with Crippen LogP contribution in [0.2, 0.25) is 0 Å². The van der Waals surface area contributed by atoms with E-state index in [9.17, 15) is 34.2 Å². The maximum Gasteiger partial charge on any atom is 0.190 e. The van der Waals surface area contributed by atoms with Gasteiger partial charge in [-0.3, -0.25) is 24.0 Å². The van der Waals surface area contributed by atoms with E-state index in [1.54, 1.807) is 33.8 Å². The van der Waals surface area contributed by atoms with Crippen molar-refractivity contribution in [1.29, 1.82) is 0 Å². The molecule has 3 aliphatic carbocycles. The smallest absolute Gasteiger partial charge is 0.190 e. The molecule has 0 aromatic heterocycles. The monoisotopic (exact) mass is 586 g/mol. The summed E-state index contributed by atoms with van der Waals surface area (Å²) in [5.74, 6) is -8.41. The standard InChI is InChI=1S/C36H42O7/c1-17(2)13-22-14-21(10-9-19(22)5)23-11-12-25(38)27-24(23)15-34(7)16-35(8)28(18(3)4)30(39)26(20(6)37)32(41)36(35,43)33(42)29(34)31(27)40/h9-12,14,17-18,26,28-29,38,43H,13,15-16H2,1-8H3/t26?,28?,29?,34-,35-,36+/m1/s1. The Labute approximate surface area is 253 Å². The Kier molecular flexibility index (Phi) is 7.24. The molecule has 2 fully saturated rings. The number of aromatic hydroxyl groups is 1.